The van der Waals surface area contributed by atoms with E-state index in [9.17, 15) is 0 Å². The standard InChI is InChI=1S/C12H21N3O/c1-2-9(8-13)7-11-14-12(15-16-11)10-5-3-4-6-10/h9-10H,2-8,13H2,1H3. The van der Waals surface area contributed by atoms with E-state index in [1.807, 2.05) is 0 Å². The quantitative estimate of drug-likeness (QED) is 0.831. The van der Waals surface area contributed by atoms with Crippen molar-refractivity contribution in [2.45, 2.75) is 51.4 Å². The van der Waals surface area contributed by atoms with Crippen LogP contribution in [0.1, 0.15) is 56.7 Å². The second kappa shape index (κ2) is 5.43. The zero-order chi connectivity index (χ0) is 11.4. The fourth-order valence-corrected chi connectivity index (χ4v) is 2.34. The van der Waals surface area contributed by atoms with Crippen LogP contribution < -0.4 is 5.73 Å². The lowest BCUT2D eigenvalue weighted by Crippen LogP contribution is -2.16. The lowest BCUT2D eigenvalue weighted by molar-refractivity contribution is 0.345. The maximum atomic E-state index is 5.67. The van der Waals surface area contributed by atoms with Gasteiger partial charge in [-0.15, -0.1) is 0 Å². The molecule has 4 nitrogen and oxygen atoms in total. The van der Waals surface area contributed by atoms with Gasteiger partial charge in [-0.25, -0.2) is 0 Å². The summed E-state index contributed by atoms with van der Waals surface area (Å²) < 4.78 is 5.29. The van der Waals surface area contributed by atoms with Crippen LogP contribution in [-0.4, -0.2) is 16.7 Å². The van der Waals surface area contributed by atoms with Gasteiger partial charge >= 0.3 is 0 Å². The molecule has 0 saturated heterocycles. The topological polar surface area (TPSA) is 64.9 Å². The third-order valence-electron chi connectivity index (χ3n) is 3.58. The minimum Gasteiger partial charge on any atom is -0.339 e. The third kappa shape index (κ3) is 2.61. The van der Waals surface area contributed by atoms with Crippen LogP contribution in [0.15, 0.2) is 4.52 Å². The summed E-state index contributed by atoms with van der Waals surface area (Å²) in [4.78, 5) is 4.49. The van der Waals surface area contributed by atoms with Crippen molar-refractivity contribution in [3.05, 3.63) is 11.7 Å². The van der Waals surface area contributed by atoms with E-state index in [-0.39, 0.29) is 0 Å². The van der Waals surface area contributed by atoms with Crippen molar-refractivity contribution in [3.8, 4) is 0 Å². The molecule has 1 aliphatic carbocycles. The summed E-state index contributed by atoms with van der Waals surface area (Å²) in [5.41, 5.74) is 5.67. The number of rotatable bonds is 5. The molecule has 1 unspecified atom stereocenters. The van der Waals surface area contributed by atoms with E-state index < -0.39 is 0 Å². The Morgan fingerprint density at radius 3 is 2.81 bits per heavy atom. The highest BCUT2D eigenvalue weighted by molar-refractivity contribution is 4.98. The molecule has 0 amide bonds. The Bertz CT molecular complexity index is 314. The monoisotopic (exact) mass is 223 g/mol. The fraction of sp³-hybridized carbons (Fsp3) is 0.833. The lowest BCUT2D eigenvalue weighted by atomic mass is 10.0. The minimum atomic E-state index is 0.469. The highest BCUT2D eigenvalue weighted by Gasteiger charge is 2.22. The van der Waals surface area contributed by atoms with E-state index in [0.717, 1.165) is 24.6 Å². The molecule has 0 spiro atoms. The molecule has 1 aromatic heterocycles. The van der Waals surface area contributed by atoms with E-state index in [2.05, 4.69) is 17.1 Å². The molecular weight excluding hydrogens is 202 g/mol. The number of aromatic nitrogens is 2. The molecule has 0 aliphatic heterocycles. The molecule has 1 aliphatic rings. The van der Waals surface area contributed by atoms with Crippen LogP contribution >= 0.6 is 0 Å². The van der Waals surface area contributed by atoms with E-state index in [4.69, 9.17) is 10.3 Å². The number of hydrogen-bond donors (Lipinski definition) is 1. The predicted octanol–water partition coefficient (Wildman–Crippen LogP) is 2.25. The van der Waals surface area contributed by atoms with Gasteiger partial charge in [0, 0.05) is 12.3 Å². The van der Waals surface area contributed by atoms with Crippen LogP contribution in [0.5, 0.6) is 0 Å². The first-order valence-corrected chi connectivity index (χ1v) is 6.36. The molecule has 1 fully saturated rings. The van der Waals surface area contributed by atoms with E-state index in [1.54, 1.807) is 0 Å². The predicted molar refractivity (Wildman–Crippen MR) is 62.0 cm³/mol. The van der Waals surface area contributed by atoms with Crippen molar-refractivity contribution in [1.29, 1.82) is 0 Å². The Hall–Kier alpha value is -0.900. The van der Waals surface area contributed by atoms with E-state index in [0.29, 0.717) is 18.4 Å². The highest BCUT2D eigenvalue weighted by Crippen LogP contribution is 2.32. The van der Waals surface area contributed by atoms with Gasteiger partial charge in [0.25, 0.3) is 0 Å². The van der Waals surface area contributed by atoms with Gasteiger partial charge in [0.15, 0.2) is 5.82 Å². The molecule has 0 aromatic carbocycles. The van der Waals surface area contributed by atoms with Crippen molar-refractivity contribution in [1.82, 2.24) is 10.1 Å². The van der Waals surface area contributed by atoms with Gasteiger partial charge < -0.3 is 10.3 Å². The Morgan fingerprint density at radius 2 is 2.19 bits per heavy atom. The summed E-state index contributed by atoms with van der Waals surface area (Å²) in [5, 5.41) is 4.09. The fourth-order valence-electron chi connectivity index (χ4n) is 2.34. The van der Waals surface area contributed by atoms with Gasteiger partial charge in [-0.3, -0.25) is 0 Å². The number of nitrogens with zero attached hydrogens (tertiary/aromatic N) is 2. The van der Waals surface area contributed by atoms with Gasteiger partial charge in [0.1, 0.15) is 0 Å². The van der Waals surface area contributed by atoms with Crippen molar-refractivity contribution in [3.63, 3.8) is 0 Å². The average molecular weight is 223 g/mol. The van der Waals surface area contributed by atoms with Crippen LogP contribution in [0.3, 0.4) is 0 Å². The number of hydrogen-bond acceptors (Lipinski definition) is 4. The van der Waals surface area contributed by atoms with Gasteiger partial charge in [0.2, 0.25) is 5.89 Å². The first kappa shape index (κ1) is 11.6. The van der Waals surface area contributed by atoms with Gasteiger partial charge in [0.05, 0.1) is 0 Å². The molecule has 4 heteroatoms. The van der Waals surface area contributed by atoms with Crippen LogP contribution in [0.25, 0.3) is 0 Å². The summed E-state index contributed by atoms with van der Waals surface area (Å²) in [6, 6.07) is 0. The Morgan fingerprint density at radius 1 is 1.44 bits per heavy atom. The first-order chi connectivity index (χ1) is 7.83. The lowest BCUT2D eigenvalue weighted by Gasteiger charge is -2.07. The van der Waals surface area contributed by atoms with Crippen molar-refractivity contribution < 1.29 is 4.52 Å². The molecule has 1 heterocycles. The SMILES string of the molecule is CCC(CN)Cc1nc(C2CCCC2)no1. The van der Waals surface area contributed by atoms with Gasteiger partial charge in [-0.2, -0.15) is 4.98 Å². The molecule has 90 valence electrons. The van der Waals surface area contributed by atoms with Crippen LogP contribution in [0, 0.1) is 5.92 Å². The van der Waals surface area contributed by atoms with E-state index >= 15 is 0 Å². The molecule has 2 rings (SSSR count). The summed E-state index contributed by atoms with van der Waals surface area (Å²) >= 11 is 0. The third-order valence-corrected chi connectivity index (χ3v) is 3.58. The summed E-state index contributed by atoms with van der Waals surface area (Å²) in [6.45, 7) is 2.84. The Balaban J connectivity index is 1.96. The average Bonchev–Trinajstić information content (AvgIpc) is 2.96. The minimum absolute atomic E-state index is 0.469. The largest absolute Gasteiger partial charge is 0.339 e. The molecular formula is C12H21N3O. The molecule has 2 N–H and O–H groups in total. The van der Waals surface area contributed by atoms with E-state index in [1.165, 1.54) is 25.7 Å². The van der Waals surface area contributed by atoms with Crippen molar-refractivity contribution >= 4 is 0 Å². The summed E-state index contributed by atoms with van der Waals surface area (Å²) in [7, 11) is 0. The smallest absolute Gasteiger partial charge is 0.226 e. The zero-order valence-electron chi connectivity index (χ0n) is 9.98. The number of nitrogens with two attached hydrogens (primary N) is 1. The Kier molecular flexibility index (Phi) is 3.93. The van der Waals surface area contributed by atoms with Crippen LogP contribution in [-0.2, 0) is 6.42 Å². The Labute approximate surface area is 96.6 Å². The molecule has 16 heavy (non-hydrogen) atoms. The van der Waals surface area contributed by atoms with Gasteiger partial charge in [-0.1, -0.05) is 31.3 Å². The first-order valence-electron chi connectivity index (χ1n) is 6.36. The molecule has 1 aromatic rings. The van der Waals surface area contributed by atoms with Crippen molar-refractivity contribution in [2.75, 3.05) is 6.54 Å². The second-order valence-electron chi connectivity index (χ2n) is 4.74. The summed E-state index contributed by atoms with van der Waals surface area (Å²) in [5.74, 6) is 2.69. The molecule has 1 atom stereocenters. The second-order valence-corrected chi connectivity index (χ2v) is 4.74. The van der Waals surface area contributed by atoms with Crippen LogP contribution in [0.4, 0.5) is 0 Å². The zero-order valence-corrected chi connectivity index (χ0v) is 9.98. The summed E-state index contributed by atoms with van der Waals surface area (Å²) in [6.07, 6.45) is 6.92. The molecule has 0 radical (unpaired) electrons. The van der Waals surface area contributed by atoms with Gasteiger partial charge in [-0.05, 0) is 25.3 Å². The molecule has 1 saturated carbocycles. The maximum Gasteiger partial charge on any atom is 0.226 e. The van der Waals surface area contributed by atoms with Crippen molar-refractivity contribution in [2.24, 2.45) is 11.7 Å². The van der Waals surface area contributed by atoms with Crippen LogP contribution in [0.2, 0.25) is 0 Å². The highest BCUT2D eigenvalue weighted by atomic mass is 16.5. The molecule has 0 bridgehead atoms. The maximum absolute atomic E-state index is 5.67. The normalized spacial score (nSPS) is 19.1.